The molecule has 1 unspecified atom stereocenters. The number of halogens is 1. The zero-order chi connectivity index (χ0) is 13.7. The molecule has 0 aliphatic heterocycles. The van der Waals surface area contributed by atoms with Gasteiger partial charge in [0.2, 0.25) is 0 Å². The lowest BCUT2D eigenvalue weighted by Gasteiger charge is -2.37. The fraction of sp³-hybridized carbons (Fsp3) is 0.875. The Bertz CT molecular complexity index is 266. The number of allylic oxidation sites excluding steroid dienone is 1. The van der Waals surface area contributed by atoms with Crippen molar-refractivity contribution in [3.63, 3.8) is 0 Å². The Labute approximate surface area is 116 Å². The molecule has 0 spiro atoms. The van der Waals surface area contributed by atoms with Gasteiger partial charge in [-0.25, -0.2) is 9.28 Å². The molecule has 2 saturated carbocycles. The van der Waals surface area contributed by atoms with E-state index in [1.54, 1.807) is 0 Å². The molecule has 0 radical (unpaired) electrons. The average molecular weight is 270 g/mol. The summed E-state index contributed by atoms with van der Waals surface area (Å²) < 4.78 is 13.2. The summed E-state index contributed by atoms with van der Waals surface area (Å²) in [5.41, 5.74) is 0. The van der Waals surface area contributed by atoms with Gasteiger partial charge >= 0.3 is 0 Å². The molecular weight excluding hydrogens is 243 g/mol. The van der Waals surface area contributed by atoms with Gasteiger partial charge in [0.05, 0.1) is 6.10 Å². The molecule has 2 aliphatic carbocycles. The Morgan fingerprint density at radius 2 is 1.58 bits per heavy atom. The van der Waals surface area contributed by atoms with Gasteiger partial charge in [0.1, 0.15) is 6.17 Å². The van der Waals surface area contributed by atoms with E-state index in [1.165, 1.54) is 12.8 Å². The zero-order valence-corrected chi connectivity index (χ0v) is 11.8. The van der Waals surface area contributed by atoms with E-state index in [0.29, 0.717) is 24.7 Å². The van der Waals surface area contributed by atoms with Gasteiger partial charge in [-0.15, -0.1) is 6.58 Å². The van der Waals surface area contributed by atoms with E-state index in [0.717, 1.165) is 38.0 Å². The van der Waals surface area contributed by atoms with Crippen LogP contribution in [0.25, 0.3) is 0 Å². The molecule has 0 heterocycles. The van der Waals surface area contributed by atoms with E-state index in [1.807, 2.05) is 6.08 Å². The summed E-state index contributed by atoms with van der Waals surface area (Å²) in [7, 11) is 0. The summed E-state index contributed by atoms with van der Waals surface area (Å²) in [5.74, 6) is 1.56. The maximum absolute atomic E-state index is 13.2. The predicted octanol–water partition coefficient (Wildman–Crippen LogP) is 4.76. The largest absolute Gasteiger partial charge is 0.252 e. The average Bonchev–Trinajstić information content (AvgIpc) is 2.44. The number of hydrogen-bond acceptors (Lipinski definition) is 2. The first-order valence-corrected chi connectivity index (χ1v) is 7.79. The van der Waals surface area contributed by atoms with Crippen molar-refractivity contribution in [1.82, 2.24) is 0 Å². The molecule has 1 N–H and O–H groups in total. The Hall–Kier alpha value is -0.410. The minimum absolute atomic E-state index is 0.0721. The molecule has 0 saturated heterocycles. The van der Waals surface area contributed by atoms with E-state index >= 15 is 0 Å². The highest BCUT2D eigenvalue weighted by atomic mass is 19.1. The van der Waals surface area contributed by atoms with Crippen molar-refractivity contribution in [2.75, 3.05) is 0 Å². The van der Waals surface area contributed by atoms with Gasteiger partial charge in [-0.2, -0.15) is 0 Å². The maximum atomic E-state index is 13.2. The van der Waals surface area contributed by atoms with Gasteiger partial charge in [-0.1, -0.05) is 6.08 Å². The first-order valence-electron chi connectivity index (χ1n) is 7.79. The summed E-state index contributed by atoms with van der Waals surface area (Å²) >= 11 is 0. The fourth-order valence-corrected chi connectivity index (χ4v) is 3.95. The standard InChI is InChI=1S/C16H27FO2/c1-2-3-12-4-6-13(7-5-12)16(19-18)14-8-10-15(17)11-9-14/h2,12-16,18H,1,3-11H2. The van der Waals surface area contributed by atoms with Crippen LogP contribution >= 0.6 is 0 Å². The third kappa shape index (κ3) is 4.03. The third-order valence-corrected chi connectivity index (χ3v) is 5.14. The highest BCUT2D eigenvalue weighted by Crippen LogP contribution is 2.39. The molecule has 0 bridgehead atoms. The van der Waals surface area contributed by atoms with Crippen molar-refractivity contribution in [3.05, 3.63) is 12.7 Å². The molecule has 2 aliphatic rings. The third-order valence-electron chi connectivity index (χ3n) is 5.14. The van der Waals surface area contributed by atoms with E-state index < -0.39 is 6.17 Å². The maximum Gasteiger partial charge on any atom is 0.100 e. The summed E-state index contributed by atoms with van der Waals surface area (Å²) in [5, 5.41) is 9.26. The van der Waals surface area contributed by atoms with E-state index in [2.05, 4.69) is 6.58 Å². The van der Waals surface area contributed by atoms with Gasteiger partial charge < -0.3 is 0 Å². The van der Waals surface area contributed by atoms with Gasteiger partial charge in [-0.05, 0) is 75.5 Å². The van der Waals surface area contributed by atoms with Gasteiger partial charge in [-0.3, -0.25) is 5.26 Å². The van der Waals surface area contributed by atoms with Crippen LogP contribution in [0.15, 0.2) is 12.7 Å². The number of rotatable bonds is 5. The molecule has 3 heteroatoms. The molecule has 2 rings (SSSR count). The molecule has 0 amide bonds. The van der Waals surface area contributed by atoms with E-state index in [-0.39, 0.29) is 6.10 Å². The van der Waals surface area contributed by atoms with Crippen LogP contribution in [0.1, 0.15) is 57.8 Å². The topological polar surface area (TPSA) is 29.5 Å². The Balaban J connectivity index is 1.83. The van der Waals surface area contributed by atoms with Crippen molar-refractivity contribution >= 4 is 0 Å². The molecule has 0 aromatic carbocycles. The normalized spacial score (nSPS) is 37.8. The van der Waals surface area contributed by atoms with Gasteiger partial charge in [0, 0.05) is 0 Å². The summed E-state index contributed by atoms with van der Waals surface area (Å²) in [6.45, 7) is 3.81. The molecule has 2 fully saturated rings. The minimum atomic E-state index is -0.640. The fourth-order valence-electron chi connectivity index (χ4n) is 3.95. The van der Waals surface area contributed by atoms with Crippen LogP contribution in [0, 0.1) is 17.8 Å². The molecule has 0 aromatic rings. The molecule has 0 aromatic heterocycles. The lowest BCUT2D eigenvalue weighted by molar-refractivity contribution is -0.307. The van der Waals surface area contributed by atoms with Crippen LogP contribution < -0.4 is 0 Å². The summed E-state index contributed by atoms with van der Waals surface area (Å²) in [4.78, 5) is 4.82. The minimum Gasteiger partial charge on any atom is -0.252 e. The van der Waals surface area contributed by atoms with Gasteiger partial charge in [0.15, 0.2) is 0 Å². The first-order chi connectivity index (χ1) is 9.24. The lowest BCUT2D eigenvalue weighted by Crippen LogP contribution is -2.36. The molecule has 110 valence electrons. The highest BCUT2D eigenvalue weighted by molar-refractivity contribution is 4.86. The van der Waals surface area contributed by atoms with Crippen molar-refractivity contribution in [3.8, 4) is 0 Å². The van der Waals surface area contributed by atoms with Crippen LogP contribution in [0.5, 0.6) is 0 Å². The SMILES string of the molecule is C=CCC1CCC(C(OO)C2CCC(F)CC2)CC1. The Morgan fingerprint density at radius 3 is 2.05 bits per heavy atom. The van der Waals surface area contributed by atoms with Crippen LogP contribution in [-0.4, -0.2) is 17.5 Å². The van der Waals surface area contributed by atoms with Gasteiger partial charge in [0.25, 0.3) is 0 Å². The quantitative estimate of drug-likeness (QED) is 0.443. The van der Waals surface area contributed by atoms with Crippen LogP contribution in [-0.2, 0) is 4.89 Å². The summed E-state index contributed by atoms with van der Waals surface area (Å²) in [6.07, 6.45) is 10.0. The molecule has 2 nitrogen and oxygen atoms in total. The second kappa shape index (κ2) is 7.39. The highest BCUT2D eigenvalue weighted by Gasteiger charge is 2.35. The van der Waals surface area contributed by atoms with Crippen LogP contribution in [0.4, 0.5) is 4.39 Å². The van der Waals surface area contributed by atoms with Crippen LogP contribution in [0.3, 0.4) is 0 Å². The zero-order valence-electron chi connectivity index (χ0n) is 11.8. The van der Waals surface area contributed by atoms with Crippen molar-refractivity contribution in [2.24, 2.45) is 17.8 Å². The van der Waals surface area contributed by atoms with Crippen molar-refractivity contribution in [1.29, 1.82) is 0 Å². The monoisotopic (exact) mass is 270 g/mol. The second-order valence-corrected chi connectivity index (χ2v) is 6.39. The number of hydrogen-bond donors (Lipinski definition) is 1. The Kier molecular flexibility index (Phi) is 5.83. The number of alkyl halides is 1. The predicted molar refractivity (Wildman–Crippen MR) is 74.6 cm³/mol. The van der Waals surface area contributed by atoms with Crippen molar-refractivity contribution < 1.29 is 14.5 Å². The first kappa shape index (κ1) is 15.0. The smallest absolute Gasteiger partial charge is 0.100 e. The molecule has 1 atom stereocenters. The van der Waals surface area contributed by atoms with E-state index in [9.17, 15) is 9.65 Å². The Morgan fingerprint density at radius 1 is 1.05 bits per heavy atom. The summed E-state index contributed by atoms with van der Waals surface area (Å²) in [6, 6.07) is 0. The lowest BCUT2D eigenvalue weighted by atomic mass is 9.72. The second-order valence-electron chi connectivity index (χ2n) is 6.39. The molecular formula is C16H27FO2. The van der Waals surface area contributed by atoms with Crippen LogP contribution in [0.2, 0.25) is 0 Å². The van der Waals surface area contributed by atoms with E-state index in [4.69, 9.17) is 4.89 Å². The van der Waals surface area contributed by atoms with Crippen molar-refractivity contribution in [2.45, 2.75) is 70.1 Å². The molecule has 19 heavy (non-hydrogen) atoms.